The Hall–Kier alpha value is -2.21. The highest BCUT2D eigenvalue weighted by Gasteiger charge is 2.29. The second kappa shape index (κ2) is 8.14. The van der Waals surface area contributed by atoms with Crippen LogP contribution in [0.2, 0.25) is 5.02 Å². The first-order valence-electron chi connectivity index (χ1n) is 10.3. The normalized spacial score (nSPS) is 19.7. The van der Waals surface area contributed by atoms with E-state index in [-0.39, 0.29) is 11.9 Å². The Morgan fingerprint density at radius 1 is 1.17 bits per heavy atom. The van der Waals surface area contributed by atoms with Gasteiger partial charge in [0.1, 0.15) is 22.9 Å². The van der Waals surface area contributed by atoms with Crippen LogP contribution in [0, 0.1) is 5.82 Å². The van der Waals surface area contributed by atoms with Crippen LogP contribution in [0.25, 0.3) is 5.65 Å². The van der Waals surface area contributed by atoms with Crippen molar-refractivity contribution in [2.24, 2.45) is 0 Å². The molecule has 156 valence electrons. The molecule has 9 heteroatoms. The zero-order valence-corrected chi connectivity index (χ0v) is 18.2. The van der Waals surface area contributed by atoms with Gasteiger partial charge < -0.3 is 10.2 Å². The van der Waals surface area contributed by atoms with Gasteiger partial charge in [-0.05, 0) is 55.5 Å². The third kappa shape index (κ3) is 3.66. The molecule has 1 atom stereocenters. The van der Waals surface area contributed by atoms with Crippen molar-refractivity contribution in [3.05, 3.63) is 53.1 Å². The van der Waals surface area contributed by atoms with Gasteiger partial charge in [-0.3, -0.25) is 4.90 Å². The molecule has 0 radical (unpaired) electrons. The predicted molar refractivity (Wildman–Crippen MR) is 121 cm³/mol. The maximum Gasteiger partial charge on any atom is 0.180 e. The highest BCUT2D eigenvalue weighted by Crippen LogP contribution is 2.38. The van der Waals surface area contributed by atoms with Crippen LogP contribution < -0.4 is 10.2 Å². The minimum Gasteiger partial charge on any atom is -0.349 e. The van der Waals surface area contributed by atoms with Gasteiger partial charge in [-0.2, -0.15) is 5.10 Å². The Balaban J connectivity index is 1.45. The lowest BCUT2D eigenvalue weighted by Gasteiger charge is -2.27. The molecule has 5 rings (SSSR count). The average Bonchev–Trinajstić information content (AvgIpc) is 3.50. The molecule has 2 aliphatic heterocycles. The van der Waals surface area contributed by atoms with Crippen molar-refractivity contribution in [2.45, 2.75) is 31.7 Å². The van der Waals surface area contributed by atoms with Gasteiger partial charge in [0.25, 0.3) is 0 Å². The molecule has 0 aliphatic carbocycles. The Morgan fingerprint density at radius 3 is 2.83 bits per heavy atom. The van der Waals surface area contributed by atoms with E-state index in [1.165, 1.54) is 25.0 Å². The summed E-state index contributed by atoms with van der Waals surface area (Å²) in [5.41, 5.74) is 3.33. The molecule has 3 aromatic rings. The summed E-state index contributed by atoms with van der Waals surface area (Å²) in [6, 6.07) is 6.52. The molecule has 2 aliphatic rings. The van der Waals surface area contributed by atoms with Crippen LogP contribution in [-0.4, -0.2) is 44.7 Å². The maximum atomic E-state index is 13.9. The van der Waals surface area contributed by atoms with Crippen molar-refractivity contribution in [1.29, 1.82) is 0 Å². The van der Waals surface area contributed by atoms with Crippen LogP contribution in [0.4, 0.5) is 15.9 Å². The van der Waals surface area contributed by atoms with Gasteiger partial charge in [0, 0.05) is 30.9 Å². The first-order chi connectivity index (χ1) is 14.6. The second-order valence-corrected chi connectivity index (χ2v) is 8.68. The highest BCUT2D eigenvalue weighted by molar-refractivity contribution is 7.21. The lowest BCUT2D eigenvalue weighted by atomic mass is 10.0. The Morgan fingerprint density at radius 2 is 2.00 bits per heavy atom. The summed E-state index contributed by atoms with van der Waals surface area (Å²) in [6.45, 7) is 2.92. The van der Waals surface area contributed by atoms with E-state index in [1.807, 2.05) is 12.3 Å². The fraction of sp³-hybridized carbons (Fsp3) is 0.381. The number of likely N-dealkylation sites (tertiary alicyclic amines) is 1. The summed E-state index contributed by atoms with van der Waals surface area (Å²) in [5, 5.41) is 8.41. The number of aromatic nitrogens is 3. The predicted octanol–water partition coefficient (Wildman–Crippen LogP) is 4.60. The van der Waals surface area contributed by atoms with E-state index >= 15 is 0 Å². The van der Waals surface area contributed by atoms with Gasteiger partial charge in [-0.25, -0.2) is 13.9 Å². The van der Waals surface area contributed by atoms with Gasteiger partial charge in [0.2, 0.25) is 0 Å². The molecule has 0 saturated carbocycles. The van der Waals surface area contributed by atoms with E-state index in [2.05, 4.69) is 29.1 Å². The van der Waals surface area contributed by atoms with Crippen LogP contribution in [-0.2, 0) is 0 Å². The largest absolute Gasteiger partial charge is 0.349 e. The first-order valence-corrected chi connectivity index (χ1v) is 11.1. The second-order valence-electron chi connectivity index (χ2n) is 7.80. The number of anilines is 2. The maximum absolute atomic E-state index is 13.9. The molecule has 0 bridgehead atoms. The van der Waals surface area contributed by atoms with Crippen molar-refractivity contribution in [1.82, 2.24) is 19.5 Å². The summed E-state index contributed by atoms with van der Waals surface area (Å²) >= 11 is 6.40. The van der Waals surface area contributed by atoms with E-state index in [0.29, 0.717) is 5.02 Å². The van der Waals surface area contributed by atoms with Gasteiger partial charge in [-0.15, -0.1) is 0 Å². The molecular weight excluding hydrogens is 422 g/mol. The van der Waals surface area contributed by atoms with E-state index in [4.69, 9.17) is 16.6 Å². The molecule has 2 saturated heterocycles. The van der Waals surface area contributed by atoms with Crippen LogP contribution in [0.3, 0.4) is 0 Å². The Kier molecular flexibility index (Phi) is 5.35. The molecule has 30 heavy (non-hydrogen) atoms. The standard InChI is InChI=1S/C21H23ClFN6P/c22-16-6-5-14(23)12-15(16)18-4-3-10-28(18)19-7-11-29-20(26-19)17(13-24-29)25-21(30)27-8-1-2-9-27/h5-7,11-13,18,25,30H,1-4,8-10H2. The summed E-state index contributed by atoms with van der Waals surface area (Å²) < 4.78 is 15.6. The van der Waals surface area contributed by atoms with Gasteiger partial charge in [-0.1, -0.05) is 20.5 Å². The summed E-state index contributed by atoms with van der Waals surface area (Å²) in [6.07, 6.45) is 8.01. The quantitative estimate of drug-likeness (QED) is 0.583. The van der Waals surface area contributed by atoms with Crippen molar-refractivity contribution in [3.63, 3.8) is 0 Å². The molecule has 1 aromatic carbocycles. The molecule has 4 heterocycles. The van der Waals surface area contributed by atoms with Crippen molar-refractivity contribution < 1.29 is 4.39 Å². The molecule has 1 N–H and O–H groups in total. The van der Waals surface area contributed by atoms with Crippen molar-refractivity contribution >= 4 is 43.2 Å². The molecular formula is C21H23ClFN6P. The average molecular weight is 445 g/mol. The number of halogens is 2. The third-order valence-corrected chi connectivity index (χ3v) is 6.68. The van der Waals surface area contributed by atoms with Crippen LogP contribution >= 0.6 is 20.5 Å². The summed E-state index contributed by atoms with van der Waals surface area (Å²) in [7, 11) is 3.72. The number of hydrogen-bond donors (Lipinski definition) is 1. The van der Waals surface area contributed by atoms with Gasteiger partial charge in [0.05, 0.1) is 12.2 Å². The third-order valence-electron chi connectivity index (χ3n) is 5.89. The number of benzene rings is 1. The van der Waals surface area contributed by atoms with Crippen LogP contribution in [0.5, 0.6) is 0 Å². The molecule has 2 fully saturated rings. The number of fused-ring (bicyclic) bond motifs is 1. The zero-order chi connectivity index (χ0) is 20.7. The van der Waals surface area contributed by atoms with Gasteiger partial charge in [0.15, 0.2) is 5.65 Å². The SMILES string of the molecule is Fc1ccc(Cl)c(C2CCCN2c2ccn3ncc(NC(=P)N4CCCC4)c3n2)c1. The number of nitrogens with zero attached hydrogens (tertiary/aromatic N) is 5. The molecule has 1 unspecified atom stereocenters. The highest BCUT2D eigenvalue weighted by atomic mass is 35.5. The molecule has 2 aromatic heterocycles. The number of hydrogen-bond acceptors (Lipinski definition) is 3. The fourth-order valence-corrected chi connectivity index (χ4v) is 4.99. The monoisotopic (exact) mass is 444 g/mol. The first kappa shape index (κ1) is 19.7. The smallest absolute Gasteiger partial charge is 0.180 e. The van der Waals surface area contributed by atoms with Crippen LogP contribution in [0.15, 0.2) is 36.7 Å². The van der Waals surface area contributed by atoms with Crippen LogP contribution in [0.1, 0.15) is 37.3 Å². The molecule has 6 nitrogen and oxygen atoms in total. The minimum absolute atomic E-state index is 0.00464. The molecule has 0 amide bonds. The minimum atomic E-state index is -0.269. The summed E-state index contributed by atoms with van der Waals surface area (Å²) in [5.74, 6) is 0.569. The van der Waals surface area contributed by atoms with E-state index < -0.39 is 0 Å². The van der Waals surface area contributed by atoms with E-state index in [9.17, 15) is 4.39 Å². The Labute approximate surface area is 181 Å². The fourth-order valence-electron chi connectivity index (χ4n) is 4.39. The topological polar surface area (TPSA) is 48.7 Å². The Bertz CT molecular complexity index is 1100. The molecule has 0 spiro atoms. The summed E-state index contributed by atoms with van der Waals surface area (Å²) in [4.78, 5) is 9.37. The van der Waals surface area contributed by atoms with E-state index in [1.54, 1.807) is 16.8 Å². The lowest BCUT2D eigenvalue weighted by Crippen LogP contribution is -2.31. The zero-order valence-electron chi connectivity index (χ0n) is 16.5. The number of rotatable bonds is 5. The lowest BCUT2D eigenvalue weighted by molar-refractivity contribution is 0.528. The van der Waals surface area contributed by atoms with Gasteiger partial charge >= 0.3 is 0 Å². The van der Waals surface area contributed by atoms with Crippen molar-refractivity contribution in [3.8, 4) is 0 Å². The van der Waals surface area contributed by atoms with E-state index in [0.717, 1.165) is 60.7 Å². The van der Waals surface area contributed by atoms with Crippen molar-refractivity contribution in [2.75, 3.05) is 29.9 Å². The number of nitrogens with one attached hydrogen (secondary N) is 1.